The molecule has 390 valence electrons. The minimum absolute atomic E-state index is 0.0325. The Bertz CT molecular complexity index is 1690. The van der Waals surface area contributed by atoms with Gasteiger partial charge in [0.05, 0.1) is 67.4 Å². The highest BCUT2D eigenvalue weighted by molar-refractivity contribution is 5.91. The van der Waals surface area contributed by atoms with Crippen LogP contribution in [0.2, 0.25) is 0 Å². The maximum atomic E-state index is 13.9. The van der Waals surface area contributed by atoms with E-state index < -0.39 is 128 Å². The van der Waals surface area contributed by atoms with E-state index in [1.54, 1.807) is 66.8 Å². The van der Waals surface area contributed by atoms with Crippen LogP contribution in [0, 0.1) is 35.5 Å². The summed E-state index contributed by atoms with van der Waals surface area (Å²) in [5.41, 5.74) is -0.739. The number of aliphatic hydroxyl groups is 5. The first-order chi connectivity index (χ1) is 32.0. The minimum atomic E-state index is -1.50. The molecule has 0 bridgehead atoms. The summed E-state index contributed by atoms with van der Waals surface area (Å²) < 4.78 is 55.7. The zero-order chi connectivity index (χ0) is 50.4. The predicted octanol–water partition coefficient (Wildman–Crippen LogP) is 2.86. The number of hydrogen-bond donors (Lipinski definition) is 5. The molecule has 0 aromatic heterocycles. The first kappa shape index (κ1) is 56.6. The second-order valence-corrected chi connectivity index (χ2v) is 20.8. The topological polar surface area (TPSA) is 239 Å². The zero-order valence-electron chi connectivity index (χ0n) is 42.3. The summed E-state index contributed by atoms with van der Waals surface area (Å²) >= 11 is 0. The molecule has 5 N–H and O–H groups in total. The number of allylic oxidation sites excluding steroid dienone is 3. The van der Waals surface area contributed by atoms with Crippen molar-refractivity contribution >= 4 is 18.0 Å². The number of hydrogen-bond acceptors (Lipinski definition) is 18. The molecule has 68 heavy (non-hydrogen) atoms. The average molecular weight is 970 g/mol. The maximum Gasteiger partial charge on any atom is 0.308 e. The number of methoxy groups -OCH3 is 2. The minimum Gasteiger partial charge on any atom is -0.462 e. The number of rotatable bonds is 13. The number of likely N-dealkylation sites (N-methyl/N-ethyl adjacent to an activating group) is 1. The first-order valence-electron chi connectivity index (χ1n) is 24.6. The molecule has 1 aliphatic carbocycles. The second kappa shape index (κ2) is 24.9. The van der Waals surface area contributed by atoms with E-state index in [2.05, 4.69) is 0 Å². The van der Waals surface area contributed by atoms with Crippen molar-refractivity contribution in [2.75, 3.05) is 34.9 Å². The molecular formula is C50H83NO17. The number of ether oxygens (including phenoxy) is 9. The molecule has 0 aromatic rings. The number of nitrogens with zero attached hydrogens (tertiary/aromatic N) is 1. The lowest BCUT2D eigenvalue weighted by Crippen LogP contribution is -2.64. The van der Waals surface area contributed by atoms with Crippen molar-refractivity contribution in [3.8, 4) is 0 Å². The van der Waals surface area contributed by atoms with Crippen molar-refractivity contribution in [3.05, 3.63) is 23.8 Å². The molecule has 5 rings (SSSR count). The van der Waals surface area contributed by atoms with Crippen molar-refractivity contribution in [1.29, 1.82) is 0 Å². The summed E-state index contributed by atoms with van der Waals surface area (Å²) in [6.07, 6.45) is -5.67. The molecular weight excluding hydrogens is 887 g/mol. The largest absolute Gasteiger partial charge is 0.462 e. The lowest BCUT2D eigenvalue weighted by Gasteiger charge is -2.48. The van der Waals surface area contributed by atoms with Gasteiger partial charge in [-0.05, 0) is 79.0 Å². The summed E-state index contributed by atoms with van der Waals surface area (Å²) in [5.74, 6) is -3.72. The van der Waals surface area contributed by atoms with Gasteiger partial charge in [-0.15, -0.1) is 0 Å². The van der Waals surface area contributed by atoms with Gasteiger partial charge in [0.15, 0.2) is 24.7 Å². The Morgan fingerprint density at radius 3 is 2.16 bits per heavy atom. The van der Waals surface area contributed by atoms with Crippen molar-refractivity contribution < 1.29 is 82.5 Å². The van der Waals surface area contributed by atoms with E-state index in [0.717, 1.165) is 11.9 Å². The van der Waals surface area contributed by atoms with E-state index in [-0.39, 0.29) is 55.5 Å². The van der Waals surface area contributed by atoms with Crippen molar-refractivity contribution in [2.24, 2.45) is 35.5 Å². The fourth-order valence-electron chi connectivity index (χ4n) is 10.6. The van der Waals surface area contributed by atoms with E-state index in [1.165, 1.54) is 20.1 Å². The number of carbonyl (C=O) groups is 3. The summed E-state index contributed by atoms with van der Waals surface area (Å²) in [7, 11) is 6.62. The molecule has 5 aliphatic rings. The molecule has 4 heterocycles. The van der Waals surface area contributed by atoms with Gasteiger partial charge >= 0.3 is 5.97 Å². The van der Waals surface area contributed by atoms with Gasteiger partial charge < -0.3 is 77.9 Å². The molecule has 4 fully saturated rings. The molecule has 23 atom stereocenters. The third-order valence-electron chi connectivity index (χ3n) is 15.0. The number of ketones is 1. The number of esters is 1. The Kier molecular flexibility index (Phi) is 20.8. The van der Waals surface area contributed by atoms with E-state index in [4.69, 9.17) is 42.6 Å². The van der Waals surface area contributed by atoms with Gasteiger partial charge in [-0.25, -0.2) is 0 Å². The fourth-order valence-corrected chi connectivity index (χ4v) is 10.6. The molecule has 18 heteroatoms. The number of cyclic esters (lactones) is 1. The summed E-state index contributed by atoms with van der Waals surface area (Å²) in [6.45, 7) is 14.2. The van der Waals surface area contributed by atoms with Gasteiger partial charge in [-0.3, -0.25) is 9.59 Å². The summed E-state index contributed by atoms with van der Waals surface area (Å²) in [4.78, 5) is 41.9. The standard InChI is InChI=1S/C50H83NO17/c1-13-36-32(33-20-37(33)66-48-39(61-12)22-38(60-11)43(56)29(6)63-48)18-25(2)14-15-34(53)26(3)19-31(16-17-52)45(28(5)35(54)21-40(55)65-36)68-49-44(57)42(51(9)10)46(30(7)64-49)67-41-23-50(8,59)47(58)27(4)24-62-41/h14-15,17-18,26-33,35-39,41-49,54,56-59H,13,16,19-24H2,1-12H3/b15-14+,25-18+/t26-,27?,28+,29?,30?,31?,32?,33?,35-,36-,37?,38?,39?,41+,42?,43-,44?,45-,46-,47+,48+,49+,50?/m1/s1. The Balaban J connectivity index is 1.38. The van der Waals surface area contributed by atoms with Gasteiger partial charge in [-0.1, -0.05) is 45.4 Å². The molecule has 3 saturated heterocycles. The van der Waals surface area contributed by atoms with Crippen molar-refractivity contribution in [3.63, 3.8) is 0 Å². The lowest BCUT2D eigenvalue weighted by molar-refractivity contribution is -0.325. The maximum absolute atomic E-state index is 13.9. The highest BCUT2D eigenvalue weighted by Crippen LogP contribution is 2.46. The van der Waals surface area contributed by atoms with Gasteiger partial charge in [0, 0.05) is 57.2 Å². The summed E-state index contributed by atoms with van der Waals surface area (Å²) in [6, 6.07) is -0.744. The normalized spacial score (nSPS) is 47.3. The monoisotopic (exact) mass is 970 g/mol. The number of aldehydes is 1. The van der Waals surface area contributed by atoms with Gasteiger partial charge in [-0.2, -0.15) is 0 Å². The fraction of sp³-hybridized carbons (Fsp3) is 0.860. The Hall–Kier alpha value is -2.27. The number of carbonyl (C=O) groups excluding carboxylic acids is 3. The molecule has 0 radical (unpaired) electrons. The van der Waals surface area contributed by atoms with Crippen molar-refractivity contribution in [1.82, 2.24) is 4.90 Å². The van der Waals surface area contributed by atoms with Crippen LogP contribution in [0.1, 0.15) is 100 Å². The van der Waals surface area contributed by atoms with Crippen LogP contribution in [0.5, 0.6) is 0 Å². The SMILES string of the molecule is CC[C@H]1OC(=O)C[C@@H](O)[C@H](C)[C@@H](O[C@@H]2OC(C)[C@@H](O[C@H]3CC(C)(O)[C@@H](O)C(C)CO3)C(N(C)C)C2O)C(CC=O)C[C@@H](C)C(=O)/C=C/C(C)=C/C1C1CC1O[C@@H]1OC(C)[C@@H](O)C(OC)CC1OC. The molecule has 0 aromatic carbocycles. The van der Waals surface area contributed by atoms with Crippen LogP contribution in [0.15, 0.2) is 23.8 Å². The number of aliphatic hydroxyl groups excluding tert-OH is 4. The molecule has 0 amide bonds. The van der Waals surface area contributed by atoms with Gasteiger partial charge in [0.25, 0.3) is 0 Å². The molecule has 0 spiro atoms. The predicted molar refractivity (Wildman–Crippen MR) is 247 cm³/mol. The third kappa shape index (κ3) is 14.0. The Labute approximate surface area is 402 Å². The van der Waals surface area contributed by atoms with E-state index in [0.29, 0.717) is 19.3 Å². The Morgan fingerprint density at radius 2 is 1.53 bits per heavy atom. The van der Waals surface area contributed by atoms with Crippen LogP contribution in [-0.4, -0.2) is 187 Å². The van der Waals surface area contributed by atoms with Crippen molar-refractivity contribution in [2.45, 2.75) is 204 Å². The summed E-state index contributed by atoms with van der Waals surface area (Å²) in [5, 5.41) is 56.6. The smallest absolute Gasteiger partial charge is 0.308 e. The average Bonchev–Trinajstić information content (AvgIpc) is 4.08. The van der Waals surface area contributed by atoms with Gasteiger partial charge in [0.1, 0.15) is 36.8 Å². The van der Waals surface area contributed by atoms with E-state index >= 15 is 0 Å². The highest BCUT2D eigenvalue weighted by Gasteiger charge is 2.52. The van der Waals surface area contributed by atoms with Crippen LogP contribution < -0.4 is 0 Å². The van der Waals surface area contributed by atoms with E-state index in [1.807, 2.05) is 19.9 Å². The zero-order valence-corrected chi connectivity index (χ0v) is 42.3. The van der Waals surface area contributed by atoms with E-state index in [9.17, 15) is 39.9 Å². The Morgan fingerprint density at radius 1 is 0.853 bits per heavy atom. The highest BCUT2D eigenvalue weighted by atomic mass is 16.7. The first-order valence-corrected chi connectivity index (χ1v) is 24.6. The van der Waals surface area contributed by atoms with Crippen LogP contribution in [-0.2, 0) is 57.0 Å². The quantitative estimate of drug-likeness (QED) is 0.132. The molecule has 4 aliphatic heterocycles. The van der Waals surface area contributed by atoms with Crippen LogP contribution in [0.25, 0.3) is 0 Å². The second-order valence-electron chi connectivity index (χ2n) is 20.8. The van der Waals surface area contributed by atoms with Crippen LogP contribution >= 0.6 is 0 Å². The molecule has 12 unspecified atom stereocenters. The third-order valence-corrected chi connectivity index (χ3v) is 15.0. The van der Waals surface area contributed by atoms with Gasteiger partial charge in [0.2, 0.25) is 0 Å². The van der Waals surface area contributed by atoms with Crippen LogP contribution in [0.3, 0.4) is 0 Å². The van der Waals surface area contributed by atoms with Crippen LogP contribution in [0.4, 0.5) is 0 Å². The lowest BCUT2D eigenvalue weighted by atomic mass is 9.79. The molecule has 1 saturated carbocycles. The molecule has 18 nitrogen and oxygen atoms in total.